The van der Waals surface area contributed by atoms with Gasteiger partial charge in [-0.3, -0.25) is 4.79 Å². The minimum Gasteiger partial charge on any atom is -0.481 e. The van der Waals surface area contributed by atoms with Gasteiger partial charge in [0, 0.05) is 6.07 Å². The van der Waals surface area contributed by atoms with Crippen molar-refractivity contribution in [3.8, 4) is 5.75 Å². The number of alkyl halides is 5. The highest BCUT2D eigenvalue weighted by Crippen LogP contribution is 2.31. The number of aliphatic carboxylic acids is 1. The van der Waals surface area contributed by atoms with Crippen LogP contribution in [0.3, 0.4) is 0 Å². The predicted octanol–water partition coefficient (Wildman–Crippen LogP) is 2.68. The lowest BCUT2D eigenvalue weighted by molar-refractivity contribution is -0.276. The first kappa shape index (κ1) is 15.1. The zero-order valence-electron chi connectivity index (χ0n) is 8.84. The van der Waals surface area contributed by atoms with Gasteiger partial charge in [-0.25, -0.2) is 18.2 Å². The summed E-state index contributed by atoms with van der Waals surface area (Å²) >= 11 is 0. The monoisotopic (exact) mass is 289 g/mol. The maximum Gasteiger partial charge on any atom is 0.573 e. The lowest BCUT2D eigenvalue weighted by Crippen LogP contribution is -2.21. The number of pyridine rings is 1. The molecule has 0 spiro atoms. The Hall–Kier alpha value is -2.00. The Morgan fingerprint density at radius 3 is 2.42 bits per heavy atom. The van der Waals surface area contributed by atoms with Crippen molar-refractivity contribution in [2.75, 3.05) is 0 Å². The predicted molar refractivity (Wildman–Crippen MR) is 47.2 cm³/mol. The number of carboxylic acids is 1. The van der Waals surface area contributed by atoms with E-state index in [0.717, 1.165) is 0 Å². The first-order valence-corrected chi connectivity index (χ1v) is 4.55. The number of hydrogen-bond acceptors (Lipinski definition) is 3. The van der Waals surface area contributed by atoms with Gasteiger partial charge in [-0.1, -0.05) is 0 Å². The molecule has 1 N–H and O–H groups in total. The van der Waals surface area contributed by atoms with Gasteiger partial charge in [-0.2, -0.15) is 0 Å². The van der Waals surface area contributed by atoms with E-state index >= 15 is 0 Å². The fourth-order valence-corrected chi connectivity index (χ4v) is 1.17. The summed E-state index contributed by atoms with van der Waals surface area (Å²) in [6.07, 6.45) is -9.76. The highest BCUT2D eigenvalue weighted by molar-refractivity contribution is 5.70. The van der Waals surface area contributed by atoms with Crippen molar-refractivity contribution in [2.45, 2.75) is 19.2 Å². The van der Waals surface area contributed by atoms with Gasteiger partial charge in [-0.05, 0) is 0 Å². The summed E-state index contributed by atoms with van der Waals surface area (Å²) in [7, 11) is 0. The molecule has 0 amide bonds. The number of carboxylic acid groups (broad SMARTS) is 1. The van der Waals surface area contributed by atoms with Gasteiger partial charge in [0.1, 0.15) is 5.69 Å². The molecule has 0 bridgehead atoms. The number of aromatic nitrogens is 1. The second-order valence-electron chi connectivity index (χ2n) is 3.22. The van der Waals surface area contributed by atoms with Gasteiger partial charge < -0.3 is 9.84 Å². The van der Waals surface area contributed by atoms with E-state index in [9.17, 15) is 31.1 Å². The molecule has 1 aromatic heterocycles. The van der Waals surface area contributed by atoms with Crippen molar-refractivity contribution in [2.24, 2.45) is 0 Å². The van der Waals surface area contributed by atoms with E-state index in [1.165, 1.54) is 0 Å². The summed E-state index contributed by atoms with van der Waals surface area (Å²) < 4.78 is 77.1. The van der Waals surface area contributed by atoms with Gasteiger partial charge in [0.2, 0.25) is 0 Å². The molecule has 19 heavy (non-hydrogen) atoms. The van der Waals surface area contributed by atoms with Crippen LogP contribution in [-0.2, 0) is 11.2 Å². The molecule has 0 fully saturated rings. The van der Waals surface area contributed by atoms with Crippen LogP contribution in [0.15, 0.2) is 6.07 Å². The van der Waals surface area contributed by atoms with E-state index in [1.807, 2.05) is 0 Å². The second-order valence-corrected chi connectivity index (χ2v) is 3.22. The van der Waals surface area contributed by atoms with Gasteiger partial charge in [0.05, 0.1) is 12.1 Å². The number of carbonyl (C=O) groups is 1. The number of nitrogens with zero attached hydrogens (tertiary/aromatic N) is 1. The van der Waals surface area contributed by atoms with Crippen LogP contribution in [0.25, 0.3) is 0 Å². The van der Waals surface area contributed by atoms with E-state index in [2.05, 4.69) is 9.72 Å². The highest BCUT2D eigenvalue weighted by Gasteiger charge is 2.35. The van der Waals surface area contributed by atoms with E-state index in [4.69, 9.17) is 5.11 Å². The molecule has 0 saturated carbocycles. The lowest BCUT2D eigenvalue weighted by atomic mass is 10.2. The van der Waals surface area contributed by atoms with Gasteiger partial charge in [0.25, 0.3) is 6.43 Å². The normalized spacial score (nSPS) is 11.7. The van der Waals surface area contributed by atoms with Crippen molar-refractivity contribution in [1.82, 2.24) is 4.98 Å². The third-order valence-corrected chi connectivity index (χ3v) is 1.78. The van der Waals surface area contributed by atoms with Crippen LogP contribution in [0.5, 0.6) is 5.75 Å². The van der Waals surface area contributed by atoms with Gasteiger partial charge in [0.15, 0.2) is 11.6 Å². The number of ether oxygens (including phenoxy) is 1. The average molecular weight is 289 g/mol. The molecule has 0 aliphatic carbocycles. The third kappa shape index (κ3) is 4.30. The minimum absolute atomic E-state index is 0.0527. The first-order chi connectivity index (χ1) is 8.60. The van der Waals surface area contributed by atoms with Crippen molar-refractivity contribution < 1.29 is 41.0 Å². The Morgan fingerprint density at radius 2 is 2.00 bits per heavy atom. The topological polar surface area (TPSA) is 59.4 Å². The van der Waals surface area contributed by atoms with Crippen LogP contribution in [0.2, 0.25) is 0 Å². The zero-order valence-corrected chi connectivity index (χ0v) is 8.84. The van der Waals surface area contributed by atoms with Crippen LogP contribution in [-0.4, -0.2) is 22.4 Å². The molecule has 1 rings (SSSR count). The summed E-state index contributed by atoms with van der Waals surface area (Å²) in [5.74, 6) is -4.97. The van der Waals surface area contributed by atoms with Crippen LogP contribution >= 0.6 is 0 Å². The summed E-state index contributed by atoms with van der Waals surface area (Å²) in [6, 6.07) is 0.0527. The standard InChI is InChI=1S/C9H5F6NO3/c10-3-1-5(8(11)12)16-4(2-6(17)18)7(3)19-9(13,14)15/h1,8H,2H2,(H,17,18). The summed E-state index contributed by atoms with van der Waals surface area (Å²) in [5, 5.41) is 8.42. The SMILES string of the molecule is O=C(O)Cc1nc(C(F)F)cc(F)c1OC(F)(F)F. The van der Waals surface area contributed by atoms with E-state index in [-0.39, 0.29) is 6.07 Å². The Bertz CT molecular complexity index is 488. The van der Waals surface area contributed by atoms with Crippen LogP contribution < -0.4 is 4.74 Å². The fourth-order valence-electron chi connectivity index (χ4n) is 1.17. The molecule has 0 atom stereocenters. The fraction of sp³-hybridized carbons (Fsp3) is 0.333. The summed E-state index contributed by atoms with van der Waals surface area (Å²) in [6.45, 7) is 0. The first-order valence-electron chi connectivity index (χ1n) is 4.55. The molecule has 106 valence electrons. The molecule has 0 radical (unpaired) electrons. The van der Waals surface area contributed by atoms with Gasteiger partial charge >= 0.3 is 12.3 Å². The lowest BCUT2D eigenvalue weighted by Gasteiger charge is -2.13. The maximum absolute atomic E-state index is 13.3. The van der Waals surface area contributed by atoms with E-state index in [1.54, 1.807) is 0 Å². The molecule has 0 unspecified atom stereocenters. The Balaban J connectivity index is 3.30. The van der Waals surface area contributed by atoms with Crippen molar-refractivity contribution in [3.05, 3.63) is 23.3 Å². The molecule has 10 heteroatoms. The van der Waals surface area contributed by atoms with Crippen molar-refractivity contribution >= 4 is 5.97 Å². The molecule has 0 aliphatic rings. The summed E-state index contributed by atoms with van der Waals surface area (Å²) in [5.41, 5.74) is -2.25. The van der Waals surface area contributed by atoms with Crippen LogP contribution in [0.4, 0.5) is 26.3 Å². The number of hydrogen-bond donors (Lipinski definition) is 1. The van der Waals surface area contributed by atoms with E-state index in [0.29, 0.717) is 0 Å². The smallest absolute Gasteiger partial charge is 0.481 e. The molecule has 0 saturated heterocycles. The van der Waals surface area contributed by atoms with Crippen LogP contribution in [0.1, 0.15) is 17.8 Å². The van der Waals surface area contributed by atoms with Crippen LogP contribution in [0, 0.1) is 5.82 Å². The third-order valence-electron chi connectivity index (χ3n) is 1.78. The molecular formula is C9H5F6NO3. The molecule has 1 heterocycles. The number of halogens is 6. The summed E-state index contributed by atoms with van der Waals surface area (Å²) in [4.78, 5) is 13.4. The Kier molecular flexibility index (Phi) is 4.22. The molecule has 0 aliphatic heterocycles. The maximum atomic E-state index is 13.3. The van der Waals surface area contributed by atoms with Crippen molar-refractivity contribution in [1.29, 1.82) is 0 Å². The second kappa shape index (κ2) is 5.33. The highest BCUT2D eigenvalue weighted by atomic mass is 19.4. The quantitative estimate of drug-likeness (QED) is 0.866. The van der Waals surface area contributed by atoms with Crippen molar-refractivity contribution in [3.63, 3.8) is 0 Å². The van der Waals surface area contributed by atoms with E-state index < -0.39 is 48.1 Å². The number of rotatable bonds is 4. The average Bonchev–Trinajstić information content (AvgIpc) is 2.20. The molecular weight excluding hydrogens is 284 g/mol. The molecule has 1 aromatic rings. The Labute approximate surface area is 101 Å². The van der Waals surface area contributed by atoms with Gasteiger partial charge in [-0.15, -0.1) is 13.2 Å². The largest absolute Gasteiger partial charge is 0.573 e. The zero-order chi connectivity index (χ0) is 14.8. The Morgan fingerprint density at radius 1 is 1.42 bits per heavy atom. The minimum atomic E-state index is -5.30. The molecule has 4 nitrogen and oxygen atoms in total. The molecule has 0 aromatic carbocycles.